The Bertz CT molecular complexity index is 297. The summed E-state index contributed by atoms with van der Waals surface area (Å²) in [4.78, 5) is 11.1. The molecule has 0 radical (unpaired) electrons. The van der Waals surface area contributed by atoms with Gasteiger partial charge in [-0.3, -0.25) is 15.2 Å². The molecule has 0 aromatic rings. The Morgan fingerprint density at radius 3 is 1.48 bits per heavy atom. The van der Waals surface area contributed by atoms with Crippen LogP contribution in [0.25, 0.3) is 0 Å². The van der Waals surface area contributed by atoms with Gasteiger partial charge in [-0.25, -0.2) is 0 Å². The van der Waals surface area contributed by atoms with E-state index in [4.69, 9.17) is 15.5 Å². The standard InChI is InChI=1S/C20H41NO4/c1-2-3-4-5-6-7-8-9-10-11-12-13-14-15-16-19(20(22)23)17-18-21(24)25/h19,24-25H,2-18H2,1H3,(H,22,23). The molecule has 1 atom stereocenters. The first-order chi connectivity index (χ1) is 12.1. The Hall–Kier alpha value is -0.650. The van der Waals surface area contributed by atoms with Crippen LogP contribution in [-0.2, 0) is 4.79 Å². The van der Waals surface area contributed by atoms with E-state index >= 15 is 0 Å². The molecule has 0 spiro atoms. The Labute approximate surface area is 154 Å². The Morgan fingerprint density at radius 1 is 0.720 bits per heavy atom. The number of carboxylic acid groups (broad SMARTS) is 1. The maximum absolute atomic E-state index is 11.1. The third-order valence-corrected chi connectivity index (χ3v) is 4.93. The number of aliphatic carboxylic acids is 1. The van der Waals surface area contributed by atoms with Crippen LogP contribution in [0.1, 0.15) is 110 Å². The summed E-state index contributed by atoms with van der Waals surface area (Å²) in [5.41, 5.74) is 0. The van der Waals surface area contributed by atoms with Gasteiger partial charge in [0.05, 0.1) is 12.5 Å². The second-order valence-corrected chi connectivity index (χ2v) is 7.30. The molecule has 25 heavy (non-hydrogen) atoms. The summed E-state index contributed by atoms with van der Waals surface area (Å²) in [6, 6.07) is 0. The maximum Gasteiger partial charge on any atom is 0.306 e. The zero-order valence-electron chi connectivity index (χ0n) is 16.3. The van der Waals surface area contributed by atoms with Gasteiger partial charge >= 0.3 is 5.97 Å². The van der Waals surface area contributed by atoms with Gasteiger partial charge in [0, 0.05) is 0 Å². The largest absolute Gasteiger partial charge is 0.481 e. The molecule has 5 nitrogen and oxygen atoms in total. The van der Waals surface area contributed by atoms with Gasteiger partial charge in [-0.15, -0.1) is 0 Å². The fourth-order valence-electron chi connectivity index (χ4n) is 3.25. The predicted octanol–water partition coefficient (Wildman–Crippen LogP) is 6.03. The number of carbonyl (C=O) groups is 1. The van der Waals surface area contributed by atoms with Crippen LogP contribution < -0.4 is 0 Å². The van der Waals surface area contributed by atoms with Gasteiger partial charge in [0.15, 0.2) is 0 Å². The van der Waals surface area contributed by atoms with E-state index in [-0.39, 0.29) is 18.2 Å². The molecule has 0 aliphatic carbocycles. The van der Waals surface area contributed by atoms with E-state index in [1.165, 1.54) is 77.0 Å². The number of hydroxylamine groups is 2. The van der Waals surface area contributed by atoms with Gasteiger partial charge in [0.25, 0.3) is 0 Å². The second-order valence-electron chi connectivity index (χ2n) is 7.30. The quantitative estimate of drug-likeness (QED) is 0.194. The summed E-state index contributed by atoms with van der Waals surface area (Å²) >= 11 is 0. The van der Waals surface area contributed by atoms with Crippen molar-refractivity contribution in [3.63, 3.8) is 0 Å². The highest BCUT2D eigenvalue weighted by atomic mass is 16.8. The van der Waals surface area contributed by atoms with E-state index < -0.39 is 11.9 Å². The zero-order valence-corrected chi connectivity index (χ0v) is 16.3. The molecule has 0 aliphatic heterocycles. The number of nitrogens with zero attached hydrogens (tertiary/aromatic N) is 1. The average Bonchev–Trinajstić information content (AvgIpc) is 2.57. The molecule has 0 bridgehead atoms. The van der Waals surface area contributed by atoms with Crippen LogP contribution in [0.3, 0.4) is 0 Å². The molecule has 0 aromatic heterocycles. The zero-order chi connectivity index (χ0) is 18.8. The van der Waals surface area contributed by atoms with Crippen LogP contribution in [0.4, 0.5) is 0 Å². The molecule has 0 saturated carbocycles. The van der Waals surface area contributed by atoms with Crippen molar-refractivity contribution >= 4 is 5.97 Å². The summed E-state index contributed by atoms with van der Waals surface area (Å²) < 4.78 is 0. The smallest absolute Gasteiger partial charge is 0.306 e. The molecule has 0 saturated heterocycles. The van der Waals surface area contributed by atoms with Gasteiger partial charge in [-0.05, 0) is 12.8 Å². The minimum Gasteiger partial charge on any atom is -0.481 e. The fourth-order valence-corrected chi connectivity index (χ4v) is 3.25. The summed E-state index contributed by atoms with van der Waals surface area (Å²) in [6.45, 7) is 2.24. The van der Waals surface area contributed by atoms with Crippen LogP contribution >= 0.6 is 0 Å². The highest BCUT2D eigenvalue weighted by Crippen LogP contribution is 2.17. The van der Waals surface area contributed by atoms with E-state index in [9.17, 15) is 4.79 Å². The van der Waals surface area contributed by atoms with Crippen molar-refractivity contribution in [2.45, 2.75) is 110 Å². The van der Waals surface area contributed by atoms with Crippen molar-refractivity contribution in [2.24, 2.45) is 5.92 Å². The lowest BCUT2D eigenvalue weighted by atomic mass is 9.97. The third-order valence-electron chi connectivity index (χ3n) is 4.93. The minimum atomic E-state index is -0.837. The lowest BCUT2D eigenvalue weighted by molar-refractivity contribution is -0.307. The molecule has 0 amide bonds. The number of hydrogen-bond donors (Lipinski definition) is 3. The SMILES string of the molecule is CCCCCCCCCCCCCCCCC(CCN(O)O)C(=O)O. The maximum atomic E-state index is 11.1. The molecule has 3 N–H and O–H groups in total. The van der Waals surface area contributed by atoms with Gasteiger partial charge in [0.1, 0.15) is 0 Å². The lowest BCUT2D eigenvalue weighted by Crippen LogP contribution is -2.22. The van der Waals surface area contributed by atoms with Gasteiger partial charge in [-0.1, -0.05) is 102 Å². The molecule has 0 fully saturated rings. The molecular weight excluding hydrogens is 318 g/mol. The van der Waals surface area contributed by atoms with E-state index in [0.717, 1.165) is 12.8 Å². The van der Waals surface area contributed by atoms with Crippen molar-refractivity contribution in [3.8, 4) is 0 Å². The lowest BCUT2D eigenvalue weighted by Gasteiger charge is -2.13. The Morgan fingerprint density at radius 2 is 1.12 bits per heavy atom. The van der Waals surface area contributed by atoms with Gasteiger partial charge < -0.3 is 5.11 Å². The monoisotopic (exact) mass is 359 g/mol. The van der Waals surface area contributed by atoms with Crippen LogP contribution in [0, 0.1) is 5.92 Å². The highest BCUT2D eigenvalue weighted by Gasteiger charge is 2.17. The second kappa shape index (κ2) is 18.2. The molecule has 150 valence electrons. The molecule has 0 heterocycles. The summed E-state index contributed by atoms with van der Waals surface area (Å²) in [5, 5.41) is 26.5. The van der Waals surface area contributed by atoms with Crippen molar-refractivity contribution in [1.29, 1.82) is 0 Å². The van der Waals surface area contributed by atoms with Crippen molar-refractivity contribution < 1.29 is 20.3 Å². The van der Waals surface area contributed by atoms with Crippen molar-refractivity contribution in [3.05, 3.63) is 0 Å². The molecule has 0 aliphatic rings. The molecular formula is C20H41NO4. The van der Waals surface area contributed by atoms with E-state index in [1.807, 2.05) is 0 Å². The third kappa shape index (κ3) is 18.0. The van der Waals surface area contributed by atoms with E-state index in [2.05, 4.69) is 6.92 Å². The molecule has 5 heteroatoms. The number of carboxylic acids is 1. The first kappa shape index (κ1) is 24.4. The molecule has 0 rings (SSSR count). The first-order valence-electron chi connectivity index (χ1n) is 10.5. The molecule has 1 unspecified atom stereocenters. The van der Waals surface area contributed by atoms with Gasteiger partial charge in [0.2, 0.25) is 0 Å². The van der Waals surface area contributed by atoms with Crippen LogP contribution in [0.15, 0.2) is 0 Å². The average molecular weight is 360 g/mol. The molecule has 0 aromatic carbocycles. The summed E-state index contributed by atoms with van der Waals surface area (Å²) in [6.07, 6.45) is 19.0. The number of hydrogen-bond acceptors (Lipinski definition) is 4. The summed E-state index contributed by atoms with van der Waals surface area (Å²) in [5.74, 6) is -1.31. The minimum absolute atomic E-state index is 0.0183. The van der Waals surface area contributed by atoms with Crippen molar-refractivity contribution in [1.82, 2.24) is 5.23 Å². The topological polar surface area (TPSA) is 81.0 Å². The van der Waals surface area contributed by atoms with Crippen molar-refractivity contribution in [2.75, 3.05) is 6.54 Å². The van der Waals surface area contributed by atoms with E-state index in [1.54, 1.807) is 0 Å². The number of unbranched alkanes of at least 4 members (excludes halogenated alkanes) is 13. The van der Waals surface area contributed by atoms with Crippen LogP contribution in [0.5, 0.6) is 0 Å². The normalized spacial score (nSPS) is 12.6. The van der Waals surface area contributed by atoms with Crippen LogP contribution in [-0.4, -0.2) is 33.3 Å². The van der Waals surface area contributed by atoms with E-state index in [0.29, 0.717) is 6.42 Å². The Kier molecular flexibility index (Phi) is 17.7. The fraction of sp³-hybridized carbons (Fsp3) is 0.950. The Balaban J connectivity index is 3.33. The predicted molar refractivity (Wildman–Crippen MR) is 101 cm³/mol. The number of rotatable bonds is 19. The highest BCUT2D eigenvalue weighted by molar-refractivity contribution is 5.69. The van der Waals surface area contributed by atoms with Crippen LogP contribution in [0.2, 0.25) is 0 Å². The first-order valence-corrected chi connectivity index (χ1v) is 10.5. The summed E-state index contributed by atoms with van der Waals surface area (Å²) in [7, 11) is 0. The van der Waals surface area contributed by atoms with Gasteiger partial charge in [-0.2, -0.15) is 0 Å².